The Kier molecular flexibility index (Phi) is 3.52. The summed E-state index contributed by atoms with van der Waals surface area (Å²) in [4.78, 5) is 11.3. The van der Waals surface area contributed by atoms with Crippen molar-refractivity contribution in [1.29, 1.82) is 0 Å². The number of anilines is 1. The summed E-state index contributed by atoms with van der Waals surface area (Å²) in [5.41, 5.74) is 1.20. The van der Waals surface area contributed by atoms with Crippen LogP contribution in [0.2, 0.25) is 0 Å². The SMILES string of the molecule is CNC(=O)c1ccc(NCc2ccn(C)n2)nn1. The topological polar surface area (TPSA) is 84.7 Å². The third kappa shape index (κ3) is 2.82. The number of carbonyl (C=O) groups is 1. The minimum absolute atomic E-state index is 0.251. The summed E-state index contributed by atoms with van der Waals surface area (Å²) < 4.78 is 1.73. The van der Waals surface area contributed by atoms with E-state index >= 15 is 0 Å². The fourth-order valence-corrected chi connectivity index (χ4v) is 1.41. The van der Waals surface area contributed by atoms with Crippen LogP contribution >= 0.6 is 0 Å². The van der Waals surface area contributed by atoms with Gasteiger partial charge in [0.25, 0.3) is 5.91 Å². The molecular formula is C11H14N6O. The average Bonchev–Trinajstić information content (AvgIpc) is 2.82. The molecule has 2 aromatic rings. The van der Waals surface area contributed by atoms with E-state index < -0.39 is 0 Å². The van der Waals surface area contributed by atoms with E-state index in [1.807, 2.05) is 19.3 Å². The van der Waals surface area contributed by atoms with E-state index in [1.165, 1.54) is 0 Å². The van der Waals surface area contributed by atoms with Gasteiger partial charge in [0.1, 0.15) is 5.82 Å². The van der Waals surface area contributed by atoms with E-state index in [9.17, 15) is 4.79 Å². The zero-order valence-corrected chi connectivity index (χ0v) is 10.2. The third-order valence-electron chi connectivity index (χ3n) is 2.34. The first-order valence-electron chi connectivity index (χ1n) is 5.47. The first kappa shape index (κ1) is 12.0. The Morgan fingerprint density at radius 2 is 2.17 bits per heavy atom. The number of aromatic nitrogens is 4. The van der Waals surface area contributed by atoms with Crippen LogP contribution < -0.4 is 10.6 Å². The second-order valence-electron chi connectivity index (χ2n) is 3.72. The maximum Gasteiger partial charge on any atom is 0.271 e. The summed E-state index contributed by atoms with van der Waals surface area (Å²) in [5, 5.41) is 17.5. The van der Waals surface area contributed by atoms with Crippen molar-refractivity contribution in [3.05, 3.63) is 35.8 Å². The van der Waals surface area contributed by atoms with Gasteiger partial charge in [-0.1, -0.05) is 0 Å². The number of aryl methyl sites for hydroxylation is 1. The molecule has 0 bridgehead atoms. The molecule has 7 heteroatoms. The Morgan fingerprint density at radius 3 is 2.72 bits per heavy atom. The normalized spacial score (nSPS) is 10.1. The number of amides is 1. The lowest BCUT2D eigenvalue weighted by atomic mass is 10.3. The Morgan fingerprint density at radius 1 is 1.33 bits per heavy atom. The van der Waals surface area contributed by atoms with Gasteiger partial charge in [-0.3, -0.25) is 9.48 Å². The largest absolute Gasteiger partial charge is 0.363 e. The van der Waals surface area contributed by atoms with Gasteiger partial charge in [0.2, 0.25) is 0 Å². The summed E-state index contributed by atoms with van der Waals surface area (Å²) >= 11 is 0. The molecule has 0 unspecified atom stereocenters. The molecule has 2 N–H and O–H groups in total. The predicted octanol–water partition coefficient (Wildman–Crippen LogP) is 0.182. The Labute approximate surface area is 104 Å². The third-order valence-corrected chi connectivity index (χ3v) is 2.34. The monoisotopic (exact) mass is 246 g/mol. The van der Waals surface area contributed by atoms with Gasteiger partial charge in [-0.2, -0.15) is 5.10 Å². The van der Waals surface area contributed by atoms with Gasteiger partial charge in [-0.15, -0.1) is 10.2 Å². The molecule has 2 aromatic heterocycles. The number of rotatable bonds is 4. The smallest absolute Gasteiger partial charge is 0.271 e. The molecule has 18 heavy (non-hydrogen) atoms. The molecule has 0 aliphatic rings. The minimum atomic E-state index is -0.251. The first-order chi connectivity index (χ1) is 8.69. The predicted molar refractivity (Wildman–Crippen MR) is 66.0 cm³/mol. The van der Waals surface area contributed by atoms with E-state index in [4.69, 9.17) is 0 Å². The van der Waals surface area contributed by atoms with Gasteiger partial charge >= 0.3 is 0 Å². The van der Waals surface area contributed by atoms with Crippen molar-refractivity contribution in [3.8, 4) is 0 Å². The zero-order chi connectivity index (χ0) is 13.0. The molecule has 0 aliphatic heterocycles. The first-order valence-corrected chi connectivity index (χ1v) is 5.47. The van der Waals surface area contributed by atoms with Crippen molar-refractivity contribution in [2.45, 2.75) is 6.54 Å². The zero-order valence-electron chi connectivity index (χ0n) is 10.2. The van der Waals surface area contributed by atoms with E-state index in [-0.39, 0.29) is 5.91 Å². The van der Waals surface area contributed by atoms with Gasteiger partial charge in [0.05, 0.1) is 12.2 Å². The number of nitrogens with zero attached hydrogens (tertiary/aromatic N) is 4. The summed E-state index contributed by atoms with van der Waals surface area (Å²) in [7, 11) is 3.42. The molecule has 0 atom stereocenters. The second kappa shape index (κ2) is 5.26. The fourth-order valence-electron chi connectivity index (χ4n) is 1.41. The molecule has 0 saturated heterocycles. The summed E-state index contributed by atoms with van der Waals surface area (Å²) in [6, 6.07) is 5.24. The molecule has 0 fully saturated rings. The van der Waals surface area contributed by atoms with Crippen molar-refractivity contribution in [2.24, 2.45) is 7.05 Å². The van der Waals surface area contributed by atoms with Gasteiger partial charge < -0.3 is 10.6 Å². The molecule has 1 amide bonds. The minimum Gasteiger partial charge on any atom is -0.363 e. The van der Waals surface area contributed by atoms with E-state index in [1.54, 1.807) is 23.9 Å². The molecule has 0 aliphatic carbocycles. The molecule has 0 saturated carbocycles. The highest BCUT2D eigenvalue weighted by molar-refractivity contribution is 5.91. The van der Waals surface area contributed by atoms with Crippen LogP contribution in [0.1, 0.15) is 16.2 Å². The van der Waals surface area contributed by atoms with Crippen LogP contribution in [-0.4, -0.2) is 32.9 Å². The lowest BCUT2D eigenvalue weighted by molar-refractivity contribution is 0.0957. The van der Waals surface area contributed by atoms with Crippen molar-refractivity contribution >= 4 is 11.7 Å². The number of nitrogens with one attached hydrogen (secondary N) is 2. The number of hydrogen-bond donors (Lipinski definition) is 2. The molecule has 94 valence electrons. The highest BCUT2D eigenvalue weighted by Gasteiger charge is 2.05. The fraction of sp³-hybridized carbons (Fsp3) is 0.273. The van der Waals surface area contributed by atoms with Gasteiger partial charge in [-0.25, -0.2) is 0 Å². The van der Waals surface area contributed by atoms with Crippen molar-refractivity contribution in [3.63, 3.8) is 0 Å². The molecule has 0 radical (unpaired) electrons. The maximum absolute atomic E-state index is 11.3. The standard InChI is InChI=1S/C11H14N6O/c1-12-11(18)9-3-4-10(15-14-9)13-7-8-5-6-17(2)16-8/h3-6H,7H2,1-2H3,(H,12,18)(H,13,15). The second-order valence-corrected chi connectivity index (χ2v) is 3.72. The highest BCUT2D eigenvalue weighted by atomic mass is 16.1. The van der Waals surface area contributed by atoms with E-state index in [2.05, 4.69) is 25.9 Å². The van der Waals surface area contributed by atoms with Gasteiger partial charge in [0.15, 0.2) is 5.69 Å². The molecule has 2 rings (SSSR count). The van der Waals surface area contributed by atoms with Crippen LogP contribution in [0.4, 0.5) is 5.82 Å². The molecule has 0 aromatic carbocycles. The maximum atomic E-state index is 11.3. The quantitative estimate of drug-likeness (QED) is 0.804. The van der Waals surface area contributed by atoms with Crippen LogP contribution in [0.3, 0.4) is 0 Å². The van der Waals surface area contributed by atoms with E-state index in [0.717, 1.165) is 5.69 Å². The number of hydrogen-bond acceptors (Lipinski definition) is 5. The lowest BCUT2D eigenvalue weighted by Crippen LogP contribution is -2.19. The van der Waals surface area contributed by atoms with Crippen LogP contribution in [-0.2, 0) is 13.6 Å². The highest BCUT2D eigenvalue weighted by Crippen LogP contribution is 2.04. The summed E-state index contributed by atoms with van der Waals surface area (Å²) in [6.45, 7) is 0.564. The van der Waals surface area contributed by atoms with Crippen molar-refractivity contribution in [1.82, 2.24) is 25.3 Å². The Bertz CT molecular complexity index is 533. The molecular weight excluding hydrogens is 232 g/mol. The van der Waals surface area contributed by atoms with Crippen molar-refractivity contribution < 1.29 is 4.79 Å². The Hall–Kier alpha value is -2.44. The molecule has 7 nitrogen and oxygen atoms in total. The average molecular weight is 246 g/mol. The molecule has 2 heterocycles. The number of carbonyl (C=O) groups excluding carboxylic acids is 1. The van der Waals surface area contributed by atoms with Crippen LogP contribution in [0, 0.1) is 0 Å². The van der Waals surface area contributed by atoms with Gasteiger partial charge in [-0.05, 0) is 18.2 Å². The van der Waals surface area contributed by atoms with Crippen LogP contribution in [0.15, 0.2) is 24.4 Å². The summed E-state index contributed by atoms with van der Waals surface area (Å²) in [5.74, 6) is 0.354. The van der Waals surface area contributed by atoms with Crippen LogP contribution in [0.5, 0.6) is 0 Å². The van der Waals surface area contributed by atoms with E-state index in [0.29, 0.717) is 18.1 Å². The van der Waals surface area contributed by atoms with Crippen molar-refractivity contribution in [2.75, 3.05) is 12.4 Å². The lowest BCUT2D eigenvalue weighted by Gasteiger charge is -2.03. The van der Waals surface area contributed by atoms with Crippen LogP contribution in [0.25, 0.3) is 0 Å². The summed E-state index contributed by atoms with van der Waals surface area (Å²) in [6.07, 6.45) is 1.87. The molecule has 0 spiro atoms. The Balaban J connectivity index is 1.96. The van der Waals surface area contributed by atoms with Gasteiger partial charge in [0, 0.05) is 20.3 Å².